The van der Waals surface area contributed by atoms with Crippen molar-refractivity contribution in [1.29, 1.82) is 0 Å². The van der Waals surface area contributed by atoms with Crippen molar-refractivity contribution in [1.82, 2.24) is 10.6 Å². The fraction of sp³-hybridized carbons (Fsp3) is 0.333. The lowest BCUT2D eigenvalue weighted by atomic mass is 9.97. The summed E-state index contributed by atoms with van der Waals surface area (Å²) >= 11 is 0. The number of rotatable bonds is 3. The third-order valence-corrected chi connectivity index (χ3v) is 2.73. The van der Waals surface area contributed by atoms with E-state index in [1.54, 1.807) is 5.32 Å². The van der Waals surface area contributed by atoms with Crippen LogP contribution in [-0.4, -0.2) is 24.8 Å². The number of urea groups is 1. The fourth-order valence-electron chi connectivity index (χ4n) is 1.91. The topological polar surface area (TPSA) is 80.6 Å². The molecule has 0 aromatic carbocycles. The molecule has 0 saturated carbocycles. The van der Waals surface area contributed by atoms with Crippen molar-refractivity contribution in [2.45, 2.75) is 19.1 Å². The smallest absolute Gasteiger partial charge is 0.432 e. The molecule has 0 spiro atoms. The minimum atomic E-state index is -4.90. The first-order valence-electron chi connectivity index (χ1n) is 5.92. The molecule has 1 aliphatic rings. The summed E-state index contributed by atoms with van der Waals surface area (Å²) in [6.45, 7) is 1.37. The molecule has 1 aromatic heterocycles. The fourth-order valence-corrected chi connectivity index (χ4v) is 1.91. The minimum Gasteiger partial charge on any atom is -0.472 e. The van der Waals surface area contributed by atoms with E-state index in [0.29, 0.717) is 0 Å². The van der Waals surface area contributed by atoms with E-state index in [4.69, 9.17) is 4.42 Å². The lowest BCUT2D eigenvalue weighted by Gasteiger charge is -2.29. The zero-order chi connectivity index (χ0) is 15.6. The Morgan fingerprint density at radius 3 is 2.71 bits per heavy atom. The monoisotopic (exact) mass is 304 g/mol. The first-order valence-corrected chi connectivity index (χ1v) is 5.92. The van der Waals surface area contributed by atoms with E-state index < -0.39 is 35.5 Å². The molecule has 0 bridgehead atoms. The molecular weight excluding hydrogens is 293 g/mol. The number of halogens is 3. The molecule has 2 rings (SSSR count). The second-order valence-corrected chi connectivity index (χ2v) is 4.10. The maximum absolute atomic E-state index is 13.0. The van der Waals surface area contributed by atoms with Gasteiger partial charge in [0.15, 0.2) is 0 Å². The molecule has 114 valence electrons. The van der Waals surface area contributed by atoms with Gasteiger partial charge in [-0.3, -0.25) is 0 Å². The van der Waals surface area contributed by atoms with E-state index in [1.807, 2.05) is 0 Å². The minimum absolute atomic E-state index is 0.0977. The van der Waals surface area contributed by atoms with E-state index in [0.717, 1.165) is 6.26 Å². The largest absolute Gasteiger partial charge is 0.472 e. The van der Waals surface area contributed by atoms with E-state index in [-0.39, 0.29) is 12.2 Å². The highest BCUT2D eigenvalue weighted by atomic mass is 19.4. The maximum atomic E-state index is 13.0. The Hall–Kier alpha value is -2.45. The number of ether oxygens (including phenoxy) is 1. The molecule has 2 N–H and O–H groups in total. The van der Waals surface area contributed by atoms with Gasteiger partial charge in [0.05, 0.1) is 30.7 Å². The Morgan fingerprint density at radius 1 is 1.48 bits per heavy atom. The van der Waals surface area contributed by atoms with Gasteiger partial charge in [0.1, 0.15) is 5.70 Å². The molecule has 2 heterocycles. The number of furan rings is 1. The molecule has 6 nitrogen and oxygen atoms in total. The summed E-state index contributed by atoms with van der Waals surface area (Å²) in [5.41, 5.74) is -1.95. The van der Waals surface area contributed by atoms with Gasteiger partial charge < -0.3 is 19.8 Å². The second-order valence-electron chi connectivity index (χ2n) is 4.10. The van der Waals surface area contributed by atoms with Crippen LogP contribution in [0.3, 0.4) is 0 Å². The summed E-state index contributed by atoms with van der Waals surface area (Å²) in [5.74, 6) is -1.16. The number of nitrogens with one attached hydrogen (secondary N) is 2. The van der Waals surface area contributed by atoms with E-state index in [2.05, 4.69) is 10.1 Å². The molecule has 1 unspecified atom stereocenters. The molecule has 1 aromatic rings. The number of amides is 2. The van der Waals surface area contributed by atoms with Crippen LogP contribution in [0.25, 0.3) is 0 Å². The van der Waals surface area contributed by atoms with E-state index in [9.17, 15) is 22.8 Å². The lowest BCUT2D eigenvalue weighted by Crippen LogP contribution is -2.49. The second kappa shape index (κ2) is 5.51. The summed E-state index contributed by atoms with van der Waals surface area (Å²) in [5, 5.41) is 3.85. The SMILES string of the molecule is CCOC(=O)C1=C(C(F)(F)F)NC(=O)NC1c1ccoc1. The van der Waals surface area contributed by atoms with Gasteiger partial charge in [0, 0.05) is 5.56 Å². The average Bonchev–Trinajstić information content (AvgIpc) is 2.90. The van der Waals surface area contributed by atoms with Crippen molar-refractivity contribution >= 4 is 12.0 Å². The summed E-state index contributed by atoms with van der Waals surface area (Å²) in [6.07, 6.45) is -2.54. The van der Waals surface area contributed by atoms with Crippen LogP contribution in [-0.2, 0) is 9.53 Å². The van der Waals surface area contributed by atoms with Crippen LogP contribution in [0.15, 0.2) is 34.3 Å². The first kappa shape index (κ1) is 14.9. The van der Waals surface area contributed by atoms with Gasteiger partial charge in [0.25, 0.3) is 0 Å². The summed E-state index contributed by atoms with van der Waals surface area (Å²) in [6, 6.07) is -1.02. The van der Waals surface area contributed by atoms with E-state index in [1.165, 1.54) is 19.3 Å². The predicted molar refractivity (Wildman–Crippen MR) is 62.8 cm³/mol. The number of carbonyl (C=O) groups is 2. The van der Waals surface area contributed by atoms with Crippen LogP contribution >= 0.6 is 0 Å². The van der Waals surface area contributed by atoms with Gasteiger partial charge in [-0.2, -0.15) is 13.2 Å². The number of alkyl halides is 3. The van der Waals surface area contributed by atoms with Crippen LogP contribution in [0.4, 0.5) is 18.0 Å². The van der Waals surface area contributed by atoms with Gasteiger partial charge in [-0.25, -0.2) is 9.59 Å². The van der Waals surface area contributed by atoms with Gasteiger partial charge in [-0.05, 0) is 13.0 Å². The van der Waals surface area contributed by atoms with Crippen molar-refractivity contribution in [3.8, 4) is 0 Å². The van der Waals surface area contributed by atoms with Crippen molar-refractivity contribution < 1.29 is 31.9 Å². The third kappa shape index (κ3) is 3.01. The molecule has 0 aliphatic carbocycles. The molecule has 2 amide bonds. The summed E-state index contributed by atoms with van der Waals surface area (Å²) < 4.78 is 48.6. The molecule has 1 aliphatic heterocycles. The number of allylic oxidation sites excluding steroid dienone is 1. The molecular formula is C12H11F3N2O4. The quantitative estimate of drug-likeness (QED) is 0.837. The van der Waals surface area contributed by atoms with Crippen LogP contribution < -0.4 is 10.6 Å². The molecule has 0 radical (unpaired) electrons. The highest BCUT2D eigenvalue weighted by molar-refractivity contribution is 5.95. The molecule has 9 heteroatoms. The average molecular weight is 304 g/mol. The summed E-state index contributed by atoms with van der Waals surface area (Å²) in [4.78, 5) is 23.3. The Balaban J connectivity index is 2.56. The Labute approximate surface area is 116 Å². The predicted octanol–water partition coefficient (Wildman–Crippen LogP) is 2.01. The van der Waals surface area contributed by atoms with Crippen LogP contribution in [0.2, 0.25) is 0 Å². The Bertz CT molecular complexity index is 578. The Morgan fingerprint density at radius 2 is 2.19 bits per heavy atom. The zero-order valence-corrected chi connectivity index (χ0v) is 10.8. The van der Waals surface area contributed by atoms with Crippen molar-refractivity contribution in [3.05, 3.63) is 35.4 Å². The molecule has 0 saturated heterocycles. The summed E-state index contributed by atoms with van der Waals surface area (Å²) in [7, 11) is 0. The van der Waals surface area contributed by atoms with Crippen molar-refractivity contribution in [2.75, 3.05) is 6.61 Å². The van der Waals surface area contributed by atoms with E-state index >= 15 is 0 Å². The standard InChI is InChI=1S/C12H11F3N2O4/c1-2-21-10(18)7-8(6-3-4-20-5-6)16-11(19)17-9(7)12(13,14)15/h3-5,8H,2H2,1H3,(H2,16,17,19). The zero-order valence-electron chi connectivity index (χ0n) is 10.8. The Kier molecular flexibility index (Phi) is 3.92. The lowest BCUT2D eigenvalue weighted by molar-refractivity contribution is -0.140. The van der Waals surface area contributed by atoms with Crippen molar-refractivity contribution in [3.63, 3.8) is 0 Å². The number of carbonyl (C=O) groups excluding carboxylic acids is 2. The molecule has 21 heavy (non-hydrogen) atoms. The maximum Gasteiger partial charge on any atom is 0.432 e. The highest BCUT2D eigenvalue weighted by Crippen LogP contribution is 2.35. The molecule has 0 fully saturated rings. The van der Waals surface area contributed by atoms with Crippen LogP contribution in [0.5, 0.6) is 0 Å². The number of hydrogen-bond donors (Lipinski definition) is 2. The first-order chi connectivity index (χ1) is 9.84. The van der Waals surface area contributed by atoms with Gasteiger partial charge in [-0.15, -0.1) is 0 Å². The normalized spacial score (nSPS) is 19.0. The van der Waals surface area contributed by atoms with Gasteiger partial charge in [0.2, 0.25) is 0 Å². The van der Waals surface area contributed by atoms with Gasteiger partial charge in [-0.1, -0.05) is 0 Å². The van der Waals surface area contributed by atoms with Crippen LogP contribution in [0, 0.1) is 0 Å². The number of esters is 1. The van der Waals surface area contributed by atoms with Crippen LogP contribution in [0.1, 0.15) is 18.5 Å². The van der Waals surface area contributed by atoms with Gasteiger partial charge >= 0.3 is 18.2 Å². The molecule has 1 atom stereocenters. The number of hydrogen-bond acceptors (Lipinski definition) is 4. The third-order valence-electron chi connectivity index (χ3n) is 2.73. The van der Waals surface area contributed by atoms with Crippen molar-refractivity contribution in [2.24, 2.45) is 0 Å². The highest BCUT2D eigenvalue weighted by Gasteiger charge is 2.46.